The molecule has 0 fully saturated rings. The Morgan fingerprint density at radius 1 is 1.50 bits per heavy atom. The number of rotatable bonds is 4. The van der Waals surface area contributed by atoms with Crippen molar-refractivity contribution < 1.29 is 5.11 Å². The van der Waals surface area contributed by atoms with Crippen LogP contribution < -0.4 is 10.2 Å². The Morgan fingerprint density at radius 2 is 2.19 bits per heavy atom. The zero-order chi connectivity index (χ0) is 12.1. The van der Waals surface area contributed by atoms with Crippen LogP contribution in [0.2, 0.25) is 0 Å². The second-order valence-electron chi connectivity index (χ2n) is 3.46. The largest absolute Gasteiger partial charge is 0.494 e. The highest BCUT2D eigenvalue weighted by atomic mass is 16.3. The van der Waals surface area contributed by atoms with Gasteiger partial charge in [-0.15, -0.1) is 0 Å². The Bertz CT molecular complexity index is 413. The molecule has 3 N–H and O–H groups in total. The van der Waals surface area contributed by atoms with Gasteiger partial charge in [-0.1, -0.05) is 0 Å². The van der Waals surface area contributed by atoms with Gasteiger partial charge in [0.1, 0.15) is 18.0 Å². The molecule has 86 valence electrons. The van der Waals surface area contributed by atoms with E-state index in [1.54, 1.807) is 13.0 Å². The van der Waals surface area contributed by atoms with Crippen LogP contribution in [0.5, 0.6) is 0 Å². The zero-order valence-corrected chi connectivity index (χ0v) is 9.52. The van der Waals surface area contributed by atoms with E-state index in [0.717, 1.165) is 12.0 Å². The standard InChI is InChI=1S/C10H15N5O/c1-7(5-11)10(16)14-8-4-9(15(2)3)13-6-12-8/h4-6,11,16H,1-3H3,(H,12,13,14)/b10-7+,11-5?. The van der Waals surface area contributed by atoms with E-state index in [1.165, 1.54) is 6.33 Å². The van der Waals surface area contributed by atoms with Gasteiger partial charge in [-0.2, -0.15) is 0 Å². The van der Waals surface area contributed by atoms with Gasteiger partial charge in [-0.3, -0.25) is 0 Å². The molecule has 0 atom stereocenters. The molecular weight excluding hydrogens is 206 g/mol. The number of anilines is 2. The van der Waals surface area contributed by atoms with E-state index in [0.29, 0.717) is 11.4 Å². The van der Waals surface area contributed by atoms with Gasteiger partial charge in [0.05, 0.1) is 0 Å². The number of hydrogen-bond acceptors (Lipinski definition) is 6. The van der Waals surface area contributed by atoms with Crippen LogP contribution in [0.25, 0.3) is 0 Å². The molecule has 0 spiro atoms. The number of allylic oxidation sites excluding steroid dienone is 1. The minimum Gasteiger partial charge on any atom is -0.494 e. The molecule has 1 heterocycles. The van der Waals surface area contributed by atoms with E-state index < -0.39 is 0 Å². The van der Waals surface area contributed by atoms with E-state index in [1.807, 2.05) is 19.0 Å². The molecule has 0 aromatic carbocycles. The van der Waals surface area contributed by atoms with Crippen LogP contribution in [0.1, 0.15) is 6.92 Å². The van der Waals surface area contributed by atoms with Gasteiger partial charge >= 0.3 is 0 Å². The highest BCUT2D eigenvalue weighted by Gasteiger charge is 2.03. The van der Waals surface area contributed by atoms with Gasteiger partial charge in [0, 0.05) is 31.9 Å². The first-order valence-corrected chi connectivity index (χ1v) is 4.71. The third-order valence-corrected chi connectivity index (χ3v) is 1.95. The summed E-state index contributed by atoms with van der Waals surface area (Å²) in [5, 5.41) is 19.2. The predicted octanol–water partition coefficient (Wildman–Crippen LogP) is 1.39. The molecule has 1 aromatic heterocycles. The molecule has 1 aromatic rings. The lowest BCUT2D eigenvalue weighted by molar-refractivity contribution is 0.415. The fourth-order valence-electron chi connectivity index (χ4n) is 0.948. The van der Waals surface area contributed by atoms with Crippen molar-refractivity contribution in [1.82, 2.24) is 9.97 Å². The van der Waals surface area contributed by atoms with Crippen LogP contribution in [0.15, 0.2) is 23.8 Å². The van der Waals surface area contributed by atoms with Gasteiger partial charge < -0.3 is 20.7 Å². The van der Waals surface area contributed by atoms with Gasteiger partial charge in [-0.05, 0) is 6.92 Å². The Labute approximate surface area is 94.2 Å². The molecule has 0 aliphatic rings. The number of aliphatic hydroxyl groups is 1. The summed E-state index contributed by atoms with van der Waals surface area (Å²) in [6, 6.07) is 1.70. The quantitative estimate of drug-likeness (QED) is 0.528. The second-order valence-corrected chi connectivity index (χ2v) is 3.46. The summed E-state index contributed by atoms with van der Waals surface area (Å²) in [7, 11) is 3.73. The highest BCUT2D eigenvalue weighted by molar-refractivity contribution is 5.76. The maximum absolute atomic E-state index is 9.54. The van der Waals surface area contributed by atoms with Crippen molar-refractivity contribution in [1.29, 1.82) is 5.41 Å². The smallest absolute Gasteiger partial charge is 0.194 e. The molecule has 6 nitrogen and oxygen atoms in total. The van der Waals surface area contributed by atoms with E-state index in [9.17, 15) is 5.11 Å². The lowest BCUT2D eigenvalue weighted by atomic mass is 10.3. The lowest BCUT2D eigenvalue weighted by Gasteiger charge is -2.12. The van der Waals surface area contributed by atoms with Crippen molar-refractivity contribution in [2.45, 2.75) is 6.92 Å². The first-order valence-electron chi connectivity index (χ1n) is 4.71. The van der Waals surface area contributed by atoms with E-state index in [2.05, 4.69) is 15.3 Å². The molecule has 16 heavy (non-hydrogen) atoms. The summed E-state index contributed by atoms with van der Waals surface area (Å²) in [5.74, 6) is 1.13. The van der Waals surface area contributed by atoms with E-state index in [-0.39, 0.29) is 5.88 Å². The van der Waals surface area contributed by atoms with Crippen LogP contribution >= 0.6 is 0 Å². The molecule has 0 saturated carbocycles. The second kappa shape index (κ2) is 5.11. The summed E-state index contributed by atoms with van der Waals surface area (Å²) in [5.41, 5.74) is 0.435. The fourth-order valence-corrected chi connectivity index (χ4v) is 0.948. The summed E-state index contributed by atoms with van der Waals surface area (Å²) in [6.07, 6.45) is 2.47. The van der Waals surface area contributed by atoms with Crippen LogP contribution in [0.4, 0.5) is 11.6 Å². The first-order chi connectivity index (χ1) is 7.54. The maximum atomic E-state index is 9.54. The van der Waals surface area contributed by atoms with Crippen molar-refractivity contribution in [2.24, 2.45) is 0 Å². The molecule has 0 aliphatic carbocycles. The van der Waals surface area contributed by atoms with Gasteiger partial charge in [0.2, 0.25) is 0 Å². The number of nitrogens with zero attached hydrogens (tertiary/aromatic N) is 3. The van der Waals surface area contributed by atoms with Crippen LogP contribution in [0.3, 0.4) is 0 Å². The maximum Gasteiger partial charge on any atom is 0.194 e. The van der Waals surface area contributed by atoms with Crippen molar-refractivity contribution in [3.05, 3.63) is 23.8 Å². The average Bonchev–Trinajstić information content (AvgIpc) is 2.28. The van der Waals surface area contributed by atoms with Crippen molar-refractivity contribution in [2.75, 3.05) is 24.3 Å². The molecule has 0 radical (unpaired) electrons. The third-order valence-electron chi connectivity index (χ3n) is 1.95. The van der Waals surface area contributed by atoms with Crippen LogP contribution in [-0.4, -0.2) is 35.4 Å². The molecule has 6 heteroatoms. The minimum atomic E-state index is -0.0848. The fraction of sp³-hybridized carbons (Fsp3) is 0.300. The molecule has 0 amide bonds. The third kappa shape index (κ3) is 2.94. The summed E-state index contributed by atoms with van der Waals surface area (Å²) >= 11 is 0. The molecule has 0 aliphatic heterocycles. The van der Waals surface area contributed by atoms with Gasteiger partial charge in [0.15, 0.2) is 5.88 Å². The van der Waals surface area contributed by atoms with Gasteiger partial charge in [-0.25, -0.2) is 9.97 Å². The first kappa shape index (κ1) is 12.0. The van der Waals surface area contributed by atoms with E-state index in [4.69, 9.17) is 5.41 Å². The highest BCUT2D eigenvalue weighted by Crippen LogP contribution is 2.12. The minimum absolute atomic E-state index is 0.0848. The monoisotopic (exact) mass is 221 g/mol. The lowest BCUT2D eigenvalue weighted by Crippen LogP contribution is -2.12. The molecule has 0 bridgehead atoms. The molecule has 0 saturated heterocycles. The average molecular weight is 221 g/mol. The Hall–Kier alpha value is -2.11. The SMILES string of the molecule is C/C(C=N)=C(\O)Nc1cc(N(C)C)ncn1. The zero-order valence-electron chi connectivity index (χ0n) is 9.52. The van der Waals surface area contributed by atoms with Crippen molar-refractivity contribution in [3.63, 3.8) is 0 Å². The van der Waals surface area contributed by atoms with E-state index >= 15 is 0 Å². The summed E-state index contributed by atoms with van der Waals surface area (Å²) in [6.45, 7) is 1.63. The summed E-state index contributed by atoms with van der Waals surface area (Å²) < 4.78 is 0. The van der Waals surface area contributed by atoms with Crippen molar-refractivity contribution in [3.8, 4) is 0 Å². The topological polar surface area (TPSA) is 85.1 Å². The Kier molecular flexibility index (Phi) is 3.82. The Balaban J connectivity index is 2.90. The number of aromatic nitrogens is 2. The predicted molar refractivity (Wildman–Crippen MR) is 64.1 cm³/mol. The van der Waals surface area contributed by atoms with Crippen LogP contribution in [-0.2, 0) is 0 Å². The normalized spacial score (nSPS) is 11.7. The molecular formula is C10H15N5O. The number of hydrogen-bond donors (Lipinski definition) is 3. The number of aliphatic hydroxyl groups excluding tert-OH is 1. The molecule has 0 unspecified atom stereocenters. The van der Waals surface area contributed by atoms with Crippen LogP contribution in [0, 0.1) is 5.41 Å². The summed E-state index contributed by atoms with van der Waals surface area (Å²) in [4.78, 5) is 9.83. The Morgan fingerprint density at radius 3 is 2.75 bits per heavy atom. The van der Waals surface area contributed by atoms with Gasteiger partial charge in [0.25, 0.3) is 0 Å². The molecule has 1 rings (SSSR count). The van der Waals surface area contributed by atoms with Crippen molar-refractivity contribution >= 4 is 17.9 Å². The number of nitrogens with one attached hydrogen (secondary N) is 2.